The molecule has 26 heavy (non-hydrogen) atoms. The molecule has 0 radical (unpaired) electrons. The van der Waals surface area contributed by atoms with Crippen molar-refractivity contribution in [1.82, 2.24) is 5.32 Å². The number of ether oxygens (including phenoxy) is 1. The monoisotopic (exact) mass is 370 g/mol. The Bertz CT molecular complexity index is 805. The first kappa shape index (κ1) is 19.2. The first-order valence-corrected chi connectivity index (χ1v) is 7.32. The second-order valence-electron chi connectivity index (χ2n) is 5.26. The molecule has 0 saturated carbocycles. The number of carbonyl (C=O) groups is 2. The Labute approximate surface area is 145 Å². The average molecular weight is 370 g/mol. The van der Waals surface area contributed by atoms with Gasteiger partial charge in [-0.25, -0.2) is 4.39 Å². The third-order valence-electron chi connectivity index (χ3n) is 3.31. The van der Waals surface area contributed by atoms with Crippen LogP contribution in [0.2, 0.25) is 0 Å². The molecule has 2 amide bonds. The first-order valence-electron chi connectivity index (χ1n) is 7.32. The van der Waals surface area contributed by atoms with E-state index in [1.165, 1.54) is 24.3 Å². The molecule has 0 saturated heterocycles. The molecule has 0 bridgehead atoms. The number of benzene rings is 2. The van der Waals surface area contributed by atoms with Gasteiger partial charge in [0.25, 0.3) is 11.8 Å². The minimum Gasteiger partial charge on any atom is -0.484 e. The standard InChI is InChI=1S/C17H14F4N2O3/c18-12-4-1-11(14(7-12)17(19,20)21)8-23-16(25)10-2-5-13(6-3-10)26-9-15(22)24/h1-7H,8-9H2,(H2,22,24)(H,23,25). The Morgan fingerprint density at radius 3 is 2.31 bits per heavy atom. The van der Waals surface area contributed by atoms with Gasteiger partial charge in [-0.3, -0.25) is 9.59 Å². The Balaban J connectivity index is 2.04. The molecular weight excluding hydrogens is 356 g/mol. The molecule has 0 spiro atoms. The minimum atomic E-state index is -4.73. The van der Waals surface area contributed by atoms with Crippen molar-refractivity contribution >= 4 is 11.8 Å². The molecule has 138 valence electrons. The number of rotatable bonds is 6. The molecule has 0 aliphatic carbocycles. The predicted molar refractivity (Wildman–Crippen MR) is 83.7 cm³/mol. The van der Waals surface area contributed by atoms with E-state index in [-0.39, 0.29) is 17.7 Å². The van der Waals surface area contributed by atoms with Crippen LogP contribution in [0.15, 0.2) is 42.5 Å². The van der Waals surface area contributed by atoms with Gasteiger partial charge in [0.2, 0.25) is 0 Å². The van der Waals surface area contributed by atoms with E-state index >= 15 is 0 Å². The van der Waals surface area contributed by atoms with Gasteiger partial charge in [0.1, 0.15) is 11.6 Å². The van der Waals surface area contributed by atoms with E-state index in [9.17, 15) is 27.2 Å². The summed E-state index contributed by atoms with van der Waals surface area (Å²) in [6.07, 6.45) is -4.73. The maximum Gasteiger partial charge on any atom is 0.416 e. The van der Waals surface area contributed by atoms with Crippen molar-refractivity contribution < 1.29 is 31.9 Å². The van der Waals surface area contributed by atoms with E-state index in [0.717, 1.165) is 12.1 Å². The van der Waals surface area contributed by atoms with Gasteiger partial charge in [-0.05, 0) is 42.0 Å². The number of primary amides is 1. The highest BCUT2D eigenvalue weighted by molar-refractivity contribution is 5.94. The number of nitrogens with two attached hydrogens (primary N) is 1. The summed E-state index contributed by atoms with van der Waals surface area (Å²) in [7, 11) is 0. The minimum absolute atomic E-state index is 0.173. The number of carbonyl (C=O) groups excluding carboxylic acids is 2. The maximum atomic E-state index is 13.1. The summed E-state index contributed by atoms with van der Waals surface area (Å²) in [5.74, 6) is -1.99. The summed E-state index contributed by atoms with van der Waals surface area (Å²) >= 11 is 0. The van der Waals surface area contributed by atoms with E-state index in [4.69, 9.17) is 10.5 Å². The van der Waals surface area contributed by atoms with Gasteiger partial charge in [-0.1, -0.05) is 6.07 Å². The highest BCUT2D eigenvalue weighted by Gasteiger charge is 2.33. The quantitative estimate of drug-likeness (QED) is 0.767. The highest BCUT2D eigenvalue weighted by Crippen LogP contribution is 2.32. The maximum absolute atomic E-state index is 13.1. The lowest BCUT2D eigenvalue weighted by Crippen LogP contribution is -2.24. The van der Waals surface area contributed by atoms with Gasteiger partial charge in [-0.2, -0.15) is 13.2 Å². The number of hydrogen-bond acceptors (Lipinski definition) is 3. The molecule has 0 heterocycles. The first-order chi connectivity index (χ1) is 12.2. The Morgan fingerprint density at radius 2 is 1.73 bits per heavy atom. The number of hydrogen-bond donors (Lipinski definition) is 2. The molecular formula is C17H14F4N2O3. The summed E-state index contributed by atoms with van der Waals surface area (Å²) in [5, 5.41) is 2.34. The normalized spacial score (nSPS) is 11.1. The molecule has 0 unspecified atom stereocenters. The summed E-state index contributed by atoms with van der Waals surface area (Å²) in [5.41, 5.74) is 3.71. The van der Waals surface area contributed by atoms with Crippen molar-refractivity contribution in [3.05, 3.63) is 65.0 Å². The van der Waals surface area contributed by atoms with E-state index in [1.807, 2.05) is 0 Å². The molecule has 5 nitrogen and oxygen atoms in total. The van der Waals surface area contributed by atoms with Crippen LogP contribution < -0.4 is 15.8 Å². The zero-order valence-electron chi connectivity index (χ0n) is 13.3. The molecule has 0 aromatic heterocycles. The molecule has 2 rings (SSSR count). The van der Waals surface area contributed by atoms with Crippen LogP contribution in [0.4, 0.5) is 17.6 Å². The summed E-state index contributed by atoms with van der Waals surface area (Å²) in [4.78, 5) is 22.7. The molecule has 0 atom stereocenters. The molecule has 2 aromatic rings. The summed E-state index contributed by atoms with van der Waals surface area (Å²) in [6, 6.07) is 7.82. The molecule has 3 N–H and O–H groups in total. The number of halogens is 4. The van der Waals surface area contributed by atoms with E-state index in [2.05, 4.69) is 5.32 Å². The van der Waals surface area contributed by atoms with Gasteiger partial charge >= 0.3 is 6.18 Å². The zero-order valence-corrected chi connectivity index (χ0v) is 13.3. The van der Waals surface area contributed by atoms with E-state index in [0.29, 0.717) is 11.8 Å². The summed E-state index contributed by atoms with van der Waals surface area (Å²) < 4.78 is 56.9. The molecule has 0 fully saturated rings. The van der Waals surface area contributed by atoms with E-state index in [1.54, 1.807) is 0 Å². The van der Waals surface area contributed by atoms with Crippen LogP contribution >= 0.6 is 0 Å². The molecule has 0 aliphatic heterocycles. The van der Waals surface area contributed by atoms with Crippen molar-refractivity contribution in [2.75, 3.05) is 6.61 Å². The number of nitrogens with one attached hydrogen (secondary N) is 1. The molecule has 0 aliphatic rings. The van der Waals surface area contributed by atoms with E-state index < -0.39 is 35.9 Å². The zero-order chi connectivity index (χ0) is 19.3. The van der Waals surface area contributed by atoms with Crippen LogP contribution in [0, 0.1) is 5.82 Å². The van der Waals surface area contributed by atoms with Gasteiger partial charge in [0, 0.05) is 12.1 Å². The Morgan fingerprint density at radius 1 is 1.08 bits per heavy atom. The second kappa shape index (κ2) is 7.85. The SMILES string of the molecule is NC(=O)COc1ccc(C(=O)NCc2ccc(F)cc2C(F)(F)F)cc1. The average Bonchev–Trinajstić information content (AvgIpc) is 2.58. The lowest BCUT2D eigenvalue weighted by molar-refractivity contribution is -0.138. The fourth-order valence-electron chi connectivity index (χ4n) is 2.10. The number of alkyl halides is 3. The summed E-state index contributed by atoms with van der Waals surface area (Å²) in [6.45, 7) is -0.746. The van der Waals surface area contributed by atoms with Gasteiger partial charge < -0.3 is 15.8 Å². The van der Waals surface area contributed by atoms with Crippen LogP contribution in [0.5, 0.6) is 5.75 Å². The lowest BCUT2D eigenvalue weighted by Gasteiger charge is -2.13. The van der Waals surface area contributed by atoms with Gasteiger partial charge in [-0.15, -0.1) is 0 Å². The molecule has 9 heteroatoms. The Kier molecular flexibility index (Phi) is 5.81. The Hall–Kier alpha value is -3.10. The van der Waals surface area contributed by atoms with Crippen molar-refractivity contribution in [3.8, 4) is 5.75 Å². The van der Waals surface area contributed by atoms with Crippen LogP contribution in [0.25, 0.3) is 0 Å². The third kappa shape index (κ3) is 5.20. The van der Waals surface area contributed by atoms with Crippen LogP contribution in [0.1, 0.15) is 21.5 Å². The third-order valence-corrected chi connectivity index (χ3v) is 3.31. The van der Waals surface area contributed by atoms with Crippen molar-refractivity contribution in [3.63, 3.8) is 0 Å². The fourth-order valence-corrected chi connectivity index (χ4v) is 2.10. The fraction of sp³-hybridized carbons (Fsp3) is 0.176. The van der Waals surface area contributed by atoms with Crippen molar-refractivity contribution in [2.24, 2.45) is 5.73 Å². The van der Waals surface area contributed by atoms with Crippen LogP contribution in [0.3, 0.4) is 0 Å². The van der Waals surface area contributed by atoms with Crippen molar-refractivity contribution in [2.45, 2.75) is 12.7 Å². The van der Waals surface area contributed by atoms with Gasteiger partial charge in [0.15, 0.2) is 6.61 Å². The van der Waals surface area contributed by atoms with Crippen LogP contribution in [-0.4, -0.2) is 18.4 Å². The largest absolute Gasteiger partial charge is 0.484 e. The number of amides is 2. The second-order valence-corrected chi connectivity index (χ2v) is 5.26. The van der Waals surface area contributed by atoms with Crippen molar-refractivity contribution in [1.29, 1.82) is 0 Å². The highest BCUT2D eigenvalue weighted by atomic mass is 19.4. The predicted octanol–water partition coefficient (Wildman–Crippen LogP) is 2.64. The van der Waals surface area contributed by atoms with Gasteiger partial charge in [0.05, 0.1) is 5.56 Å². The molecule has 2 aromatic carbocycles. The smallest absolute Gasteiger partial charge is 0.416 e. The topological polar surface area (TPSA) is 81.4 Å². The van der Waals surface area contributed by atoms with Crippen LogP contribution in [-0.2, 0) is 17.5 Å². The lowest BCUT2D eigenvalue weighted by atomic mass is 10.1.